The molecule has 28 heavy (non-hydrogen) atoms. The number of piperidine rings is 1. The number of rotatable bonds is 5. The third-order valence-corrected chi connectivity index (χ3v) is 8.05. The number of carbonyl (C=O) groups excluding carboxylic acids is 2. The van der Waals surface area contributed by atoms with Crippen molar-refractivity contribution in [1.82, 2.24) is 4.31 Å². The van der Waals surface area contributed by atoms with Crippen LogP contribution in [0.3, 0.4) is 0 Å². The molecule has 1 N–H and O–H groups in total. The number of halogens is 1. The molecule has 7 nitrogen and oxygen atoms in total. The van der Waals surface area contributed by atoms with Gasteiger partial charge in [0.05, 0.1) is 23.6 Å². The molecule has 3 rings (SSSR count). The van der Waals surface area contributed by atoms with Crippen LogP contribution in [0.1, 0.15) is 23.2 Å². The Labute approximate surface area is 172 Å². The normalized spacial score (nSPS) is 17.9. The van der Waals surface area contributed by atoms with Gasteiger partial charge < -0.3 is 10.1 Å². The molecule has 0 unspecified atom stereocenters. The molecule has 1 fully saturated rings. The molecule has 150 valence electrons. The Hall–Kier alpha value is -1.94. The van der Waals surface area contributed by atoms with Crippen molar-refractivity contribution in [3.63, 3.8) is 0 Å². The SMILES string of the molecule is COC(=O)c1cc(NC(=O)[C@@H]2CCCN(S(=O)(=O)c3cccs3)C2)ccc1Cl. The summed E-state index contributed by atoms with van der Waals surface area (Å²) in [7, 11) is -2.35. The maximum atomic E-state index is 12.7. The van der Waals surface area contributed by atoms with Crippen LogP contribution in [-0.2, 0) is 19.6 Å². The second-order valence-electron chi connectivity index (χ2n) is 6.31. The van der Waals surface area contributed by atoms with Gasteiger partial charge in [0.1, 0.15) is 4.21 Å². The molecule has 1 aromatic carbocycles. The van der Waals surface area contributed by atoms with E-state index in [-0.39, 0.29) is 27.2 Å². The first-order chi connectivity index (χ1) is 13.3. The van der Waals surface area contributed by atoms with E-state index in [4.69, 9.17) is 11.6 Å². The summed E-state index contributed by atoms with van der Waals surface area (Å²) in [5.74, 6) is -1.39. The lowest BCUT2D eigenvalue weighted by atomic mass is 9.98. The molecule has 0 saturated carbocycles. The van der Waals surface area contributed by atoms with Crippen molar-refractivity contribution in [2.75, 3.05) is 25.5 Å². The fourth-order valence-corrected chi connectivity index (χ4v) is 5.89. The zero-order valence-electron chi connectivity index (χ0n) is 15.1. The molecule has 10 heteroatoms. The van der Waals surface area contributed by atoms with Gasteiger partial charge in [-0.15, -0.1) is 11.3 Å². The molecule has 1 aliphatic rings. The van der Waals surface area contributed by atoms with E-state index < -0.39 is 21.9 Å². The van der Waals surface area contributed by atoms with Gasteiger partial charge in [-0.05, 0) is 42.5 Å². The monoisotopic (exact) mass is 442 g/mol. The average molecular weight is 443 g/mol. The van der Waals surface area contributed by atoms with Crippen LogP contribution in [0.2, 0.25) is 5.02 Å². The molecule has 1 amide bonds. The largest absolute Gasteiger partial charge is 0.465 e. The molecule has 1 aromatic heterocycles. The minimum Gasteiger partial charge on any atom is -0.465 e. The van der Waals surface area contributed by atoms with Gasteiger partial charge in [0, 0.05) is 18.8 Å². The summed E-state index contributed by atoms with van der Waals surface area (Å²) in [6.45, 7) is 0.501. The van der Waals surface area contributed by atoms with Crippen LogP contribution in [0.4, 0.5) is 5.69 Å². The summed E-state index contributed by atoms with van der Waals surface area (Å²) >= 11 is 7.14. The van der Waals surface area contributed by atoms with Crippen molar-refractivity contribution in [2.24, 2.45) is 5.92 Å². The van der Waals surface area contributed by atoms with Gasteiger partial charge in [-0.2, -0.15) is 4.31 Å². The Bertz CT molecular complexity index is 976. The van der Waals surface area contributed by atoms with E-state index >= 15 is 0 Å². The molecule has 2 aromatic rings. The molecule has 2 heterocycles. The van der Waals surface area contributed by atoms with E-state index in [1.54, 1.807) is 23.6 Å². The Morgan fingerprint density at radius 3 is 2.79 bits per heavy atom. The third kappa shape index (κ3) is 4.38. The molecular formula is C18H19ClN2O5S2. The highest BCUT2D eigenvalue weighted by Gasteiger charge is 2.33. The fourth-order valence-electron chi connectivity index (χ4n) is 3.03. The lowest BCUT2D eigenvalue weighted by Gasteiger charge is -2.30. The molecule has 1 aliphatic heterocycles. The van der Waals surface area contributed by atoms with Gasteiger partial charge in [0.2, 0.25) is 5.91 Å². The molecular weight excluding hydrogens is 424 g/mol. The summed E-state index contributed by atoms with van der Waals surface area (Å²) < 4.78 is 31.7. The Balaban J connectivity index is 1.72. The number of methoxy groups -OCH3 is 1. The number of hydrogen-bond acceptors (Lipinski definition) is 6. The van der Waals surface area contributed by atoms with Gasteiger partial charge in [-0.1, -0.05) is 17.7 Å². The van der Waals surface area contributed by atoms with Gasteiger partial charge >= 0.3 is 5.97 Å². The number of carbonyl (C=O) groups is 2. The van der Waals surface area contributed by atoms with Crippen LogP contribution in [0.15, 0.2) is 39.9 Å². The van der Waals surface area contributed by atoms with Crippen LogP contribution < -0.4 is 5.32 Å². The van der Waals surface area contributed by atoms with Gasteiger partial charge in [-0.25, -0.2) is 13.2 Å². The van der Waals surface area contributed by atoms with Crippen LogP contribution in [0, 0.1) is 5.92 Å². The number of anilines is 1. The number of ether oxygens (including phenoxy) is 1. The highest BCUT2D eigenvalue weighted by molar-refractivity contribution is 7.91. The number of nitrogens with zero attached hydrogens (tertiary/aromatic N) is 1. The number of thiophene rings is 1. The smallest absolute Gasteiger partial charge is 0.339 e. The minimum absolute atomic E-state index is 0.115. The first-order valence-electron chi connectivity index (χ1n) is 8.55. The zero-order chi connectivity index (χ0) is 20.3. The summed E-state index contributed by atoms with van der Waals surface area (Å²) in [6, 6.07) is 7.76. The summed E-state index contributed by atoms with van der Waals surface area (Å²) in [6.07, 6.45) is 1.18. The number of amides is 1. The van der Waals surface area contributed by atoms with Gasteiger partial charge in [-0.3, -0.25) is 4.79 Å². The quantitative estimate of drug-likeness (QED) is 0.717. The van der Waals surface area contributed by atoms with Gasteiger partial charge in [0.25, 0.3) is 10.0 Å². The van der Waals surface area contributed by atoms with Crippen LogP contribution in [0.5, 0.6) is 0 Å². The topological polar surface area (TPSA) is 92.8 Å². The maximum Gasteiger partial charge on any atom is 0.339 e. The summed E-state index contributed by atoms with van der Waals surface area (Å²) in [4.78, 5) is 24.4. The lowest BCUT2D eigenvalue weighted by molar-refractivity contribution is -0.120. The second-order valence-corrected chi connectivity index (χ2v) is 9.83. The van der Waals surface area contributed by atoms with Gasteiger partial charge in [0.15, 0.2) is 0 Å². The van der Waals surface area contributed by atoms with Crippen LogP contribution in [-0.4, -0.2) is 44.8 Å². The summed E-state index contributed by atoms with van der Waals surface area (Å²) in [5.41, 5.74) is 0.542. The van der Waals surface area contributed by atoms with E-state index in [1.807, 2.05) is 0 Å². The van der Waals surface area contributed by atoms with E-state index in [2.05, 4.69) is 10.1 Å². The molecule has 1 atom stereocenters. The summed E-state index contributed by atoms with van der Waals surface area (Å²) in [5, 5.41) is 4.67. The predicted molar refractivity (Wildman–Crippen MR) is 107 cm³/mol. The molecule has 0 spiro atoms. The Morgan fingerprint density at radius 2 is 2.11 bits per heavy atom. The Morgan fingerprint density at radius 1 is 1.32 bits per heavy atom. The average Bonchev–Trinajstić information content (AvgIpc) is 3.24. The third-order valence-electron chi connectivity index (χ3n) is 4.48. The predicted octanol–water partition coefficient (Wildman–Crippen LogP) is 3.23. The van der Waals surface area contributed by atoms with Crippen molar-refractivity contribution in [3.8, 4) is 0 Å². The van der Waals surface area contributed by atoms with Crippen molar-refractivity contribution < 1.29 is 22.7 Å². The highest BCUT2D eigenvalue weighted by Crippen LogP contribution is 2.27. The minimum atomic E-state index is -3.59. The van der Waals surface area contributed by atoms with E-state index in [9.17, 15) is 18.0 Å². The lowest BCUT2D eigenvalue weighted by Crippen LogP contribution is -2.43. The highest BCUT2D eigenvalue weighted by atomic mass is 35.5. The van der Waals surface area contributed by atoms with Crippen LogP contribution in [0.25, 0.3) is 0 Å². The van der Waals surface area contributed by atoms with E-state index in [0.29, 0.717) is 25.1 Å². The van der Waals surface area contributed by atoms with E-state index in [0.717, 1.165) is 11.3 Å². The number of hydrogen-bond donors (Lipinski definition) is 1. The van der Waals surface area contributed by atoms with Crippen molar-refractivity contribution in [2.45, 2.75) is 17.1 Å². The Kier molecular flexibility index (Phi) is 6.39. The number of esters is 1. The first kappa shape index (κ1) is 20.8. The second kappa shape index (κ2) is 8.60. The maximum absolute atomic E-state index is 12.7. The number of benzene rings is 1. The standard InChI is InChI=1S/C18H19ClN2O5S2/c1-26-18(23)14-10-13(6-7-15(14)19)20-17(22)12-4-2-8-21(11-12)28(24,25)16-5-3-9-27-16/h3,5-7,9-10,12H,2,4,8,11H2,1H3,(H,20,22)/t12-/m1/s1. The fraction of sp³-hybridized carbons (Fsp3) is 0.333. The number of nitrogens with one attached hydrogen (secondary N) is 1. The zero-order valence-corrected chi connectivity index (χ0v) is 17.4. The molecule has 1 saturated heterocycles. The van der Waals surface area contributed by atoms with Crippen molar-refractivity contribution in [3.05, 3.63) is 46.3 Å². The molecule has 0 aliphatic carbocycles. The molecule has 0 radical (unpaired) electrons. The van der Waals surface area contributed by atoms with Crippen molar-refractivity contribution >= 4 is 50.5 Å². The first-order valence-corrected chi connectivity index (χ1v) is 11.2. The van der Waals surface area contributed by atoms with Crippen LogP contribution >= 0.6 is 22.9 Å². The molecule has 0 bridgehead atoms. The van der Waals surface area contributed by atoms with Crippen molar-refractivity contribution in [1.29, 1.82) is 0 Å². The number of sulfonamides is 1. The van der Waals surface area contributed by atoms with E-state index in [1.165, 1.54) is 23.5 Å².